The van der Waals surface area contributed by atoms with E-state index in [2.05, 4.69) is 38.6 Å². The molecular formula is C21H16BrClN2O2. The molecule has 0 aromatic heterocycles. The lowest BCUT2D eigenvalue weighted by Crippen LogP contribution is -2.24. The largest absolute Gasteiger partial charge is 0.482 e. The van der Waals surface area contributed by atoms with E-state index >= 15 is 0 Å². The molecular weight excluding hydrogens is 428 g/mol. The highest BCUT2D eigenvalue weighted by molar-refractivity contribution is 9.10. The van der Waals surface area contributed by atoms with Gasteiger partial charge in [-0.05, 0) is 34.9 Å². The minimum Gasteiger partial charge on any atom is -0.482 e. The zero-order valence-corrected chi connectivity index (χ0v) is 16.6. The van der Waals surface area contributed by atoms with E-state index in [1.165, 1.54) is 0 Å². The van der Waals surface area contributed by atoms with E-state index in [1.807, 2.05) is 42.5 Å². The Bertz CT molecular complexity index is 944. The molecule has 0 saturated heterocycles. The number of nitrogens with one attached hydrogen (secondary N) is 1. The number of ether oxygens (including phenoxy) is 1. The average Bonchev–Trinajstić information content (AvgIpc) is 2.68. The second-order valence-electron chi connectivity index (χ2n) is 5.64. The third kappa shape index (κ3) is 5.67. The molecule has 0 spiro atoms. The predicted octanol–water partition coefficient (Wildman–Crippen LogP) is 5.30. The van der Waals surface area contributed by atoms with E-state index in [4.69, 9.17) is 16.3 Å². The number of carbonyl (C=O) groups is 1. The van der Waals surface area contributed by atoms with Crippen molar-refractivity contribution in [3.05, 3.63) is 87.9 Å². The fourth-order valence-corrected chi connectivity index (χ4v) is 3.07. The molecule has 1 amide bonds. The van der Waals surface area contributed by atoms with Gasteiger partial charge in [-0.15, -0.1) is 0 Å². The average molecular weight is 444 g/mol. The van der Waals surface area contributed by atoms with Gasteiger partial charge >= 0.3 is 0 Å². The summed E-state index contributed by atoms with van der Waals surface area (Å²) in [6.45, 7) is -0.175. The Hall–Kier alpha value is -2.63. The van der Waals surface area contributed by atoms with Crippen LogP contribution in [-0.2, 0) is 4.79 Å². The Balaban J connectivity index is 1.50. The van der Waals surface area contributed by atoms with Gasteiger partial charge in [0.05, 0.1) is 11.2 Å². The second kappa shape index (κ2) is 9.35. The van der Waals surface area contributed by atoms with Crippen LogP contribution in [0, 0.1) is 0 Å². The van der Waals surface area contributed by atoms with E-state index in [0.29, 0.717) is 10.8 Å². The minimum absolute atomic E-state index is 0.175. The van der Waals surface area contributed by atoms with Crippen molar-refractivity contribution in [3.63, 3.8) is 0 Å². The van der Waals surface area contributed by atoms with E-state index < -0.39 is 0 Å². The predicted molar refractivity (Wildman–Crippen MR) is 112 cm³/mol. The maximum atomic E-state index is 11.8. The van der Waals surface area contributed by atoms with Crippen molar-refractivity contribution in [2.45, 2.75) is 0 Å². The van der Waals surface area contributed by atoms with Crippen LogP contribution < -0.4 is 10.2 Å². The van der Waals surface area contributed by atoms with Gasteiger partial charge in [0, 0.05) is 4.47 Å². The molecule has 0 radical (unpaired) electrons. The first-order valence-electron chi connectivity index (χ1n) is 8.17. The van der Waals surface area contributed by atoms with Crippen molar-refractivity contribution in [1.29, 1.82) is 0 Å². The van der Waals surface area contributed by atoms with Crippen LogP contribution in [0.5, 0.6) is 5.75 Å². The Morgan fingerprint density at radius 1 is 1.04 bits per heavy atom. The van der Waals surface area contributed by atoms with E-state index in [1.54, 1.807) is 24.4 Å². The standard InChI is InChI=1S/C21H16BrClN2O2/c22-18-10-11-20(19(23)12-18)27-14-21(26)25-24-13-15-6-8-17(9-7-15)16-4-2-1-3-5-16/h1-13H,14H2,(H,25,26). The van der Waals surface area contributed by atoms with E-state index in [9.17, 15) is 4.79 Å². The van der Waals surface area contributed by atoms with Crippen LogP contribution in [0.25, 0.3) is 11.1 Å². The molecule has 3 rings (SSSR count). The smallest absolute Gasteiger partial charge is 0.277 e. The lowest BCUT2D eigenvalue weighted by molar-refractivity contribution is -0.123. The first-order valence-corrected chi connectivity index (χ1v) is 9.34. The van der Waals surface area contributed by atoms with Crippen molar-refractivity contribution in [1.82, 2.24) is 5.43 Å². The number of benzene rings is 3. The van der Waals surface area contributed by atoms with Crippen LogP contribution >= 0.6 is 27.5 Å². The van der Waals surface area contributed by atoms with Crippen LogP contribution in [0.4, 0.5) is 0 Å². The Morgan fingerprint density at radius 3 is 2.44 bits per heavy atom. The van der Waals surface area contributed by atoms with E-state index in [-0.39, 0.29) is 12.5 Å². The minimum atomic E-state index is -0.369. The summed E-state index contributed by atoms with van der Waals surface area (Å²) < 4.78 is 6.22. The van der Waals surface area contributed by atoms with Crippen LogP contribution in [0.2, 0.25) is 5.02 Å². The van der Waals surface area contributed by atoms with Crippen LogP contribution in [-0.4, -0.2) is 18.7 Å². The van der Waals surface area contributed by atoms with Crippen molar-refractivity contribution < 1.29 is 9.53 Å². The maximum absolute atomic E-state index is 11.8. The van der Waals surface area contributed by atoms with Gasteiger partial charge in [-0.1, -0.05) is 82.1 Å². The lowest BCUT2D eigenvalue weighted by atomic mass is 10.0. The van der Waals surface area contributed by atoms with Crippen LogP contribution in [0.15, 0.2) is 82.4 Å². The summed E-state index contributed by atoms with van der Waals surface area (Å²) in [5.74, 6) is 0.0710. The summed E-state index contributed by atoms with van der Waals surface area (Å²) in [5.41, 5.74) is 5.59. The fraction of sp³-hybridized carbons (Fsp3) is 0.0476. The molecule has 3 aromatic rings. The molecule has 0 aliphatic rings. The highest BCUT2D eigenvalue weighted by Gasteiger charge is 2.05. The summed E-state index contributed by atoms with van der Waals surface area (Å²) in [7, 11) is 0. The summed E-state index contributed by atoms with van der Waals surface area (Å²) in [4.78, 5) is 11.8. The number of rotatable bonds is 6. The molecule has 3 aromatic carbocycles. The first kappa shape index (κ1) is 19.1. The molecule has 0 aliphatic heterocycles. The SMILES string of the molecule is O=C(COc1ccc(Br)cc1Cl)NN=Cc1ccc(-c2ccccc2)cc1. The molecule has 0 aliphatic carbocycles. The van der Waals surface area contributed by atoms with Gasteiger partial charge in [0.1, 0.15) is 5.75 Å². The van der Waals surface area contributed by atoms with E-state index in [0.717, 1.165) is 21.2 Å². The van der Waals surface area contributed by atoms with Crippen molar-refractivity contribution in [2.24, 2.45) is 5.10 Å². The Labute approximate surface area is 171 Å². The van der Waals surface area contributed by atoms with Gasteiger partial charge in [0.25, 0.3) is 5.91 Å². The van der Waals surface area contributed by atoms with Gasteiger partial charge in [-0.3, -0.25) is 4.79 Å². The third-order valence-corrected chi connectivity index (χ3v) is 4.46. The second-order valence-corrected chi connectivity index (χ2v) is 6.97. The molecule has 0 heterocycles. The number of halogens is 2. The van der Waals surface area contributed by atoms with Crippen molar-refractivity contribution in [3.8, 4) is 16.9 Å². The topological polar surface area (TPSA) is 50.7 Å². The van der Waals surface area contributed by atoms with Crippen LogP contribution in [0.3, 0.4) is 0 Å². The van der Waals surface area contributed by atoms with Gasteiger partial charge < -0.3 is 4.74 Å². The summed E-state index contributed by atoms with van der Waals surface area (Å²) in [6.07, 6.45) is 1.58. The van der Waals surface area contributed by atoms with Gasteiger partial charge in [0.2, 0.25) is 0 Å². The third-order valence-electron chi connectivity index (χ3n) is 3.67. The molecule has 136 valence electrons. The summed E-state index contributed by atoms with van der Waals surface area (Å²) >= 11 is 9.35. The molecule has 6 heteroatoms. The molecule has 0 atom stereocenters. The zero-order valence-electron chi connectivity index (χ0n) is 14.2. The molecule has 4 nitrogen and oxygen atoms in total. The number of hydrazone groups is 1. The quantitative estimate of drug-likeness (QED) is 0.415. The number of amides is 1. The first-order chi connectivity index (χ1) is 13.1. The Kier molecular flexibility index (Phi) is 6.63. The van der Waals surface area contributed by atoms with Gasteiger partial charge in [-0.2, -0.15) is 5.10 Å². The molecule has 0 unspecified atom stereocenters. The summed E-state index contributed by atoms with van der Waals surface area (Å²) in [5, 5.41) is 4.38. The highest BCUT2D eigenvalue weighted by Crippen LogP contribution is 2.27. The number of carbonyl (C=O) groups excluding carboxylic acids is 1. The van der Waals surface area contributed by atoms with Crippen molar-refractivity contribution >= 4 is 39.7 Å². The van der Waals surface area contributed by atoms with Gasteiger partial charge in [0.15, 0.2) is 6.61 Å². The fourth-order valence-electron chi connectivity index (χ4n) is 2.34. The Morgan fingerprint density at radius 2 is 1.74 bits per heavy atom. The molecule has 27 heavy (non-hydrogen) atoms. The summed E-state index contributed by atoms with van der Waals surface area (Å²) in [6, 6.07) is 23.2. The highest BCUT2D eigenvalue weighted by atomic mass is 79.9. The van der Waals surface area contributed by atoms with Gasteiger partial charge in [-0.25, -0.2) is 5.43 Å². The monoisotopic (exact) mass is 442 g/mol. The normalized spacial score (nSPS) is 10.7. The molecule has 0 saturated carbocycles. The van der Waals surface area contributed by atoms with Crippen LogP contribution in [0.1, 0.15) is 5.56 Å². The maximum Gasteiger partial charge on any atom is 0.277 e. The number of hydrogen-bond donors (Lipinski definition) is 1. The molecule has 0 fully saturated rings. The number of hydrogen-bond acceptors (Lipinski definition) is 3. The molecule has 0 bridgehead atoms. The number of nitrogens with zero attached hydrogens (tertiary/aromatic N) is 1. The van der Waals surface area contributed by atoms with Crippen molar-refractivity contribution in [2.75, 3.05) is 6.61 Å². The lowest BCUT2D eigenvalue weighted by Gasteiger charge is -2.07. The zero-order chi connectivity index (χ0) is 19.1. The molecule has 1 N–H and O–H groups in total.